The van der Waals surface area contributed by atoms with Gasteiger partial charge in [-0.25, -0.2) is 0 Å². The number of carbonyl (C=O) groups excluding carboxylic acids is 1. The van der Waals surface area contributed by atoms with Gasteiger partial charge >= 0.3 is 0 Å². The molecule has 6 heteroatoms. The molecule has 1 fully saturated rings. The summed E-state index contributed by atoms with van der Waals surface area (Å²) < 4.78 is 0. The van der Waals surface area contributed by atoms with Crippen molar-refractivity contribution in [1.82, 2.24) is 25.3 Å². The number of H-pyrrole nitrogens is 1. The summed E-state index contributed by atoms with van der Waals surface area (Å²) in [6, 6.07) is 7.67. The SMILES string of the molecule is CN1CCN(CCNC(=O)c2n[nH]c3ccccc23)CC1. The standard InChI is InChI=1S/C15H21N5O/c1-19-8-10-20(11-9-19)7-6-16-15(21)14-12-4-2-3-5-13(12)17-18-14/h2-5H,6-11H2,1H3,(H,16,21)(H,17,18). The minimum Gasteiger partial charge on any atom is -0.349 e. The summed E-state index contributed by atoms with van der Waals surface area (Å²) in [5.74, 6) is -0.110. The van der Waals surface area contributed by atoms with E-state index in [4.69, 9.17) is 0 Å². The second-order valence-electron chi connectivity index (χ2n) is 5.52. The molecule has 6 nitrogen and oxygen atoms in total. The Morgan fingerprint density at radius 1 is 1.29 bits per heavy atom. The van der Waals surface area contributed by atoms with Crippen molar-refractivity contribution in [3.8, 4) is 0 Å². The van der Waals surface area contributed by atoms with E-state index in [1.165, 1.54) is 0 Å². The Balaban J connectivity index is 1.52. The number of benzene rings is 1. The number of aromatic amines is 1. The largest absolute Gasteiger partial charge is 0.349 e. The van der Waals surface area contributed by atoms with Crippen LogP contribution >= 0.6 is 0 Å². The lowest BCUT2D eigenvalue weighted by Gasteiger charge is -2.32. The Kier molecular flexibility index (Phi) is 4.17. The van der Waals surface area contributed by atoms with E-state index in [0.29, 0.717) is 12.2 Å². The van der Waals surface area contributed by atoms with E-state index in [9.17, 15) is 4.79 Å². The van der Waals surface area contributed by atoms with Gasteiger partial charge in [0.1, 0.15) is 0 Å². The third-order valence-corrected chi connectivity index (χ3v) is 3.99. The number of para-hydroxylation sites is 1. The lowest BCUT2D eigenvalue weighted by atomic mass is 10.2. The number of hydrogen-bond donors (Lipinski definition) is 2. The molecule has 0 unspecified atom stereocenters. The number of hydrogen-bond acceptors (Lipinski definition) is 4. The van der Waals surface area contributed by atoms with Crippen molar-refractivity contribution in [2.75, 3.05) is 46.3 Å². The van der Waals surface area contributed by atoms with Crippen molar-refractivity contribution < 1.29 is 4.79 Å². The molecule has 1 aromatic heterocycles. The molecule has 1 saturated heterocycles. The molecule has 2 heterocycles. The number of rotatable bonds is 4. The number of nitrogens with zero attached hydrogens (tertiary/aromatic N) is 3. The zero-order valence-corrected chi connectivity index (χ0v) is 12.3. The van der Waals surface area contributed by atoms with E-state index in [0.717, 1.165) is 43.6 Å². The Morgan fingerprint density at radius 3 is 2.86 bits per heavy atom. The Bertz CT molecular complexity index is 615. The van der Waals surface area contributed by atoms with Gasteiger partial charge in [-0.3, -0.25) is 14.8 Å². The van der Waals surface area contributed by atoms with Crippen LogP contribution in [-0.4, -0.2) is 72.2 Å². The lowest BCUT2D eigenvalue weighted by molar-refractivity contribution is 0.0937. The number of piperazine rings is 1. The second kappa shape index (κ2) is 6.24. The fraction of sp³-hybridized carbons (Fsp3) is 0.467. The smallest absolute Gasteiger partial charge is 0.272 e. The molecule has 0 spiro atoms. The number of likely N-dealkylation sites (N-methyl/N-ethyl adjacent to an activating group) is 1. The number of fused-ring (bicyclic) bond motifs is 1. The van der Waals surface area contributed by atoms with Crippen molar-refractivity contribution in [3.05, 3.63) is 30.0 Å². The number of aromatic nitrogens is 2. The molecule has 0 bridgehead atoms. The van der Waals surface area contributed by atoms with Crippen LogP contribution in [0.2, 0.25) is 0 Å². The summed E-state index contributed by atoms with van der Waals surface area (Å²) in [4.78, 5) is 16.9. The van der Waals surface area contributed by atoms with Crippen LogP contribution in [0.25, 0.3) is 10.9 Å². The first-order valence-electron chi connectivity index (χ1n) is 7.36. The maximum Gasteiger partial charge on any atom is 0.272 e. The quantitative estimate of drug-likeness (QED) is 0.861. The van der Waals surface area contributed by atoms with E-state index in [1.54, 1.807) is 0 Å². The highest BCUT2D eigenvalue weighted by molar-refractivity contribution is 6.04. The lowest BCUT2D eigenvalue weighted by Crippen LogP contribution is -2.46. The minimum absolute atomic E-state index is 0.110. The first-order valence-corrected chi connectivity index (χ1v) is 7.36. The van der Waals surface area contributed by atoms with Crippen LogP contribution in [0.3, 0.4) is 0 Å². The highest BCUT2D eigenvalue weighted by Crippen LogP contribution is 2.14. The Hall–Kier alpha value is -1.92. The number of nitrogens with one attached hydrogen (secondary N) is 2. The van der Waals surface area contributed by atoms with Crippen molar-refractivity contribution in [2.45, 2.75) is 0 Å². The van der Waals surface area contributed by atoms with Gasteiger partial charge in [-0.05, 0) is 13.1 Å². The van der Waals surface area contributed by atoms with Gasteiger partial charge in [-0.1, -0.05) is 18.2 Å². The van der Waals surface area contributed by atoms with E-state index >= 15 is 0 Å². The van der Waals surface area contributed by atoms with Crippen LogP contribution in [0.4, 0.5) is 0 Å². The van der Waals surface area contributed by atoms with Crippen LogP contribution in [0.5, 0.6) is 0 Å². The first-order chi connectivity index (χ1) is 10.2. The molecule has 3 rings (SSSR count). The molecule has 2 N–H and O–H groups in total. The van der Waals surface area contributed by atoms with Gasteiger partial charge in [0.2, 0.25) is 0 Å². The van der Waals surface area contributed by atoms with E-state index < -0.39 is 0 Å². The zero-order chi connectivity index (χ0) is 14.7. The van der Waals surface area contributed by atoms with Crippen LogP contribution < -0.4 is 5.32 Å². The van der Waals surface area contributed by atoms with Crippen molar-refractivity contribution in [2.24, 2.45) is 0 Å². The molecule has 0 aliphatic carbocycles. The number of carbonyl (C=O) groups is 1. The predicted molar refractivity (Wildman–Crippen MR) is 82.4 cm³/mol. The van der Waals surface area contributed by atoms with Crippen LogP contribution in [0.1, 0.15) is 10.5 Å². The normalized spacial score (nSPS) is 17.2. The summed E-state index contributed by atoms with van der Waals surface area (Å²) in [6.45, 7) is 5.87. The fourth-order valence-corrected chi connectivity index (χ4v) is 2.62. The topological polar surface area (TPSA) is 64.3 Å². The zero-order valence-electron chi connectivity index (χ0n) is 12.3. The summed E-state index contributed by atoms with van der Waals surface area (Å²) in [5.41, 5.74) is 1.37. The average Bonchev–Trinajstić information content (AvgIpc) is 2.93. The molecular weight excluding hydrogens is 266 g/mol. The highest BCUT2D eigenvalue weighted by atomic mass is 16.1. The summed E-state index contributed by atoms with van der Waals surface area (Å²) >= 11 is 0. The minimum atomic E-state index is -0.110. The van der Waals surface area contributed by atoms with E-state index in [-0.39, 0.29) is 5.91 Å². The van der Waals surface area contributed by atoms with Gasteiger partial charge in [-0.2, -0.15) is 5.10 Å². The predicted octanol–water partition coefficient (Wildman–Crippen LogP) is 0.540. The van der Waals surface area contributed by atoms with Crippen LogP contribution in [-0.2, 0) is 0 Å². The van der Waals surface area contributed by atoms with Crippen molar-refractivity contribution in [1.29, 1.82) is 0 Å². The highest BCUT2D eigenvalue weighted by Gasteiger charge is 2.15. The van der Waals surface area contributed by atoms with Crippen molar-refractivity contribution >= 4 is 16.8 Å². The Labute approximate surface area is 124 Å². The molecule has 0 saturated carbocycles. The molecular formula is C15H21N5O. The fourth-order valence-electron chi connectivity index (χ4n) is 2.62. The molecule has 0 atom stereocenters. The molecule has 2 aromatic rings. The van der Waals surface area contributed by atoms with Gasteiger partial charge in [-0.15, -0.1) is 0 Å². The second-order valence-corrected chi connectivity index (χ2v) is 5.52. The van der Waals surface area contributed by atoms with Gasteiger partial charge in [0.05, 0.1) is 5.52 Å². The molecule has 1 aromatic carbocycles. The van der Waals surface area contributed by atoms with E-state index in [2.05, 4.69) is 32.4 Å². The van der Waals surface area contributed by atoms with Gasteiger partial charge < -0.3 is 10.2 Å². The average molecular weight is 287 g/mol. The van der Waals surface area contributed by atoms with E-state index in [1.807, 2.05) is 24.3 Å². The van der Waals surface area contributed by atoms with Crippen LogP contribution in [0.15, 0.2) is 24.3 Å². The third kappa shape index (κ3) is 3.22. The number of amides is 1. The summed E-state index contributed by atoms with van der Waals surface area (Å²) in [6.07, 6.45) is 0. The Morgan fingerprint density at radius 2 is 2.05 bits per heavy atom. The van der Waals surface area contributed by atoms with Gasteiger partial charge in [0.15, 0.2) is 5.69 Å². The molecule has 21 heavy (non-hydrogen) atoms. The first kappa shape index (κ1) is 14.0. The van der Waals surface area contributed by atoms with Crippen LogP contribution in [0, 0.1) is 0 Å². The molecule has 112 valence electrons. The maximum atomic E-state index is 12.2. The van der Waals surface area contributed by atoms with Crippen molar-refractivity contribution in [3.63, 3.8) is 0 Å². The molecule has 1 amide bonds. The van der Waals surface area contributed by atoms with Gasteiger partial charge in [0.25, 0.3) is 5.91 Å². The monoisotopic (exact) mass is 287 g/mol. The third-order valence-electron chi connectivity index (χ3n) is 3.99. The summed E-state index contributed by atoms with van der Waals surface area (Å²) in [5, 5.41) is 10.8. The van der Waals surface area contributed by atoms with Gasteiger partial charge in [0, 0.05) is 44.7 Å². The maximum absolute atomic E-state index is 12.2. The molecule has 1 aliphatic heterocycles. The molecule has 0 radical (unpaired) electrons. The molecule has 1 aliphatic rings. The summed E-state index contributed by atoms with van der Waals surface area (Å²) in [7, 11) is 2.14.